The Bertz CT molecular complexity index is 618. The molecule has 0 saturated carbocycles. The second kappa shape index (κ2) is 5.28. The summed E-state index contributed by atoms with van der Waals surface area (Å²) in [6, 6.07) is 4.53. The lowest BCUT2D eigenvalue weighted by Crippen LogP contribution is -2.53. The summed E-state index contributed by atoms with van der Waals surface area (Å²) >= 11 is 11.7. The van der Waals surface area contributed by atoms with Crippen LogP contribution in [0.2, 0.25) is 10.0 Å². The molecule has 1 heterocycles. The zero-order valence-electron chi connectivity index (χ0n) is 10.1. The maximum atomic E-state index is 11.9. The van der Waals surface area contributed by atoms with Gasteiger partial charge in [0.2, 0.25) is 5.91 Å². The highest BCUT2D eigenvalue weighted by molar-refractivity contribution is 7.87. The molecular weight excluding hydrogens is 311 g/mol. The van der Waals surface area contributed by atoms with E-state index in [9.17, 15) is 13.2 Å². The number of amides is 1. The summed E-state index contributed by atoms with van der Waals surface area (Å²) in [7, 11) is -3.79. The van der Waals surface area contributed by atoms with E-state index in [0.29, 0.717) is 15.6 Å². The fraction of sp³-hybridized carbons (Fsp3) is 0.364. The molecule has 104 valence electrons. The van der Waals surface area contributed by atoms with Gasteiger partial charge >= 0.3 is 10.2 Å². The molecule has 0 radical (unpaired) electrons. The highest BCUT2D eigenvalue weighted by atomic mass is 35.5. The molecule has 0 aromatic heterocycles. The van der Waals surface area contributed by atoms with Gasteiger partial charge in [-0.15, -0.1) is 0 Å². The quantitative estimate of drug-likeness (QED) is 0.905. The topological polar surface area (TPSA) is 66.5 Å². The predicted molar refractivity (Wildman–Crippen MR) is 73.1 cm³/mol. The third-order valence-corrected chi connectivity index (χ3v) is 5.18. The first-order valence-corrected chi connectivity index (χ1v) is 7.75. The number of halogens is 2. The van der Waals surface area contributed by atoms with E-state index >= 15 is 0 Å². The van der Waals surface area contributed by atoms with Crippen LogP contribution in [0.3, 0.4) is 0 Å². The summed E-state index contributed by atoms with van der Waals surface area (Å²) < 4.78 is 27.0. The summed E-state index contributed by atoms with van der Waals surface area (Å²) in [4.78, 5) is 11.2. The Morgan fingerprint density at radius 1 is 1.37 bits per heavy atom. The fourth-order valence-electron chi connectivity index (χ4n) is 1.91. The molecule has 19 heavy (non-hydrogen) atoms. The molecule has 1 aromatic rings. The summed E-state index contributed by atoms with van der Waals surface area (Å²) in [6.07, 6.45) is 0.139. The van der Waals surface area contributed by atoms with E-state index < -0.39 is 22.2 Å². The van der Waals surface area contributed by atoms with Gasteiger partial charge in [-0.25, -0.2) is 4.72 Å². The Kier molecular flexibility index (Phi) is 4.06. The second-order valence-electron chi connectivity index (χ2n) is 4.38. The molecule has 1 aliphatic heterocycles. The summed E-state index contributed by atoms with van der Waals surface area (Å²) in [5.41, 5.74) is 0.709. The van der Waals surface area contributed by atoms with Gasteiger partial charge in [-0.1, -0.05) is 29.3 Å². The third kappa shape index (κ3) is 3.20. The highest BCUT2D eigenvalue weighted by Gasteiger charge is 2.35. The van der Waals surface area contributed by atoms with Gasteiger partial charge in [0.05, 0.1) is 10.0 Å². The van der Waals surface area contributed by atoms with Gasteiger partial charge in [-0.3, -0.25) is 4.79 Å². The van der Waals surface area contributed by atoms with Crippen LogP contribution in [0.5, 0.6) is 0 Å². The highest BCUT2D eigenvalue weighted by Crippen LogP contribution is 2.25. The van der Waals surface area contributed by atoms with Crippen LogP contribution in [0.25, 0.3) is 0 Å². The van der Waals surface area contributed by atoms with Crippen LogP contribution in [0.4, 0.5) is 0 Å². The number of carbonyl (C=O) groups excluding carboxylic acids is 1. The number of carbonyl (C=O) groups is 1. The molecule has 1 saturated heterocycles. The average Bonchev–Trinajstić information content (AvgIpc) is 2.27. The molecule has 2 rings (SSSR count). The Balaban J connectivity index is 2.26. The lowest BCUT2D eigenvalue weighted by molar-refractivity contribution is -0.121. The summed E-state index contributed by atoms with van der Waals surface area (Å²) in [5.74, 6) is -0.488. The van der Waals surface area contributed by atoms with Crippen molar-refractivity contribution in [3.8, 4) is 0 Å². The average molecular weight is 323 g/mol. The zero-order valence-corrected chi connectivity index (χ0v) is 12.4. The Labute approximate surface area is 121 Å². The summed E-state index contributed by atoms with van der Waals surface area (Å²) in [6.45, 7) is 1.83. The smallest absolute Gasteiger partial charge is 0.274 e. The predicted octanol–water partition coefficient (Wildman–Crippen LogP) is 1.95. The molecule has 5 nitrogen and oxygen atoms in total. The lowest BCUT2D eigenvalue weighted by atomic mass is 10.2. The fourth-order valence-corrected chi connectivity index (χ4v) is 3.59. The van der Waals surface area contributed by atoms with Crippen LogP contribution in [0, 0.1) is 0 Å². The third-order valence-electron chi connectivity index (χ3n) is 2.85. The molecule has 0 aliphatic carbocycles. The van der Waals surface area contributed by atoms with Gasteiger partial charge in [-0.05, 0) is 24.6 Å². The van der Waals surface area contributed by atoms with Crippen LogP contribution in [0.1, 0.15) is 18.9 Å². The van der Waals surface area contributed by atoms with Crippen molar-refractivity contribution in [2.24, 2.45) is 0 Å². The molecule has 1 fully saturated rings. The van der Waals surface area contributed by atoms with Gasteiger partial charge in [0.15, 0.2) is 0 Å². The normalized spacial score (nSPS) is 23.1. The van der Waals surface area contributed by atoms with Crippen LogP contribution in [-0.4, -0.2) is 24.7 Å². The molecule has 1 atom stereocenters. The van der Waals surface area contributed by atoms with Gasteiger partial charge in [0.25, 0.3) is 0 Å². The number of benzene rings is 1. The first-order valence-electron chi connectivity index (χ1n) is 5.56. The van der Waals surface area contributed by atoms with Crippen molar-refractivity contribution in [2.75, 3.05) is 0 Å². The SMILES string of the molecule is CC1CC(=O)NS(=O)(=O)N1Cc1ccc(Cl)c(Cl)c1. The van der Waals surface area contributed by atoms with Gasteiger partial charge in [0, 0.05) is 19.0 Å². The molecular formula is C11H12Cl2N2O3S. The van der Waals surface area contributed by atoms with Crippen molar-refractivity contribution in [3.05, 3.63) is 33.8 Å². The number of hydrogen-bond acceptors (Lipinski definition) is 3. The second-order valence-corrected chi connectivity index (χ2v) is 6.81. The van der Waals surface area contributed by atoms with Crippen LogP contribution in [-0.2, 0) is 21.5 Å². The Hall–Kier alpha value is -0.820. The maximum absolute atomic E-state index is 11.9. The largest absolute Gasteiger partial charge is 0.304 e. The first-order chi connectivity index (χ1) is 8.79. The molecule has 1 unspecified atom stereocenters. The standard InChI is InChI=1S/C11H12Cl2N2O3S/c1-7-4-11(16)14-19(17,18)15(7)6-8-2-3-9(12)10(13)5-8/h2-3,5,7H,4,6H2,1H3,(H,14,16). The van der Waals surface area contributed by atoms with Crippen LogP contribution < -0.4 is 4.72 Å². The van der Waals surface area contributed by atoms with E-state index in [2.05, 4.69) is 0 Å². The van der Waals surface area contributed by atoms with E-state index in [4.69, 9.17) is 23.2 Å². The molecule has 1 amide bonds. The number of nitrogens with zero attached hydrogens (tertiary/aromatic N) is 1. The molecule has 0 spiro atoms. The molecule has 0 bridgehead atoms. The first kappa shape index (κ1) is 14.6. The monoisotopic (exact) mass is 322 g/mol. The van der Waals surface area contributed by atoms with Crippen molar-refractivity contribution in [2.45, 2.75) is 25.9 Å². The van der Waals surface area contributed by atoms with Gasteiger partial charge in [0.1, 0.15) is 0 Å². The van der Waals surface area contributed by atoms with E-state index in [0.717, 1.165) is 0 Å². The zero-order chi connectivity index (χ0) is 14.2. The van der Waals surface area contributed by atoms with Crippen molar-refractivity contribution < 1.29 is 13.2 Å². The summed E-state index contributed by atoms with van der Waals surface area (Å²) in [5, 5.41) is 0.776. The number of hydrogen-bond donors (Lipinski definition) is 1. The van der Waals surface area contributed by atoms with Crippen LogP contribution >= 0.6 is 23.2 Å². The van der Waals surface area contributed by atoms with Gasteiger partial charge in [-0.2, -0.15) is 12.7 Å². The number of rotatable bonds is 2. The van der Waals surface area contributed by atoms with Crippen molar-refractivity contribution in [1.29, 1.82) is 0 Å². The Morgan fingerprint density at radius 3 is 2.63 bits per heavy atom. The molecule has 1 N–H and O–H groups in total. The minimum Gasteiger partial charge on any atom is -0.274 e. The van der Waals surface area contributed by atoms with Crippen molar-refractivity contribution >= 4 is 39.3 Å². The van der Waals surface area contributed by atoms with Crippen molar-refractivity contribution in [1.82, 2.24) is 9.03 Å². The van der Waals surface area contributed by atoms with Gasteiger partial charge < -0.3 is 0 Å². The Morgan fingerprint density at radius 2 is 2.05 bits per heavy atom. The minimum atomic E-state index is -3.79. The van der Waals surface area contributed by atoms with Crippen LogP contribution in [0.15, 0.2) is 18.2 Å². The number of nitrogens with one attached hydrogen (secondary N) is 1. The molecule has 1 aliphatic rings. The maximum Gasteiger partial charge on any atom is 0.304 e. The molecule has 8 heteroatoms. The lowest BCUT2D eigenvalue weighted by Gasteiger charge is -2.32. The van der Waals surface area contributed by atoms with E-state index in [1.165, 1.54) is 4.31 Å². The molecule has 1 aromatic carbocycles. The van der Waals surface area contributed by atoms with E-state index in [1.54, 1.807) is 25.1 Å². The minimum absolute atomic E-state index is 0.139. The van der Waals surface area contributed by atoms with E-state index in [-0.39, 0.29) is 13.0 Å². The van der Waals surface area contributed by atoms with E-state index in [1.807, 2.05) is 4.72 Å². The van der Waals surface area contributed by atoms with Crippen molar-refractivity contribution in [3.63, 3.8) is 0 Å².